The van der Waals surface area contributed by atoms with E-state index in [0.29, 0.717) is 17.1 Å². The van der Waals surface area contributed by atoms with E-state index in [-0.39, 0.29) is 11.3 Å². The Hall–Kier alpha value is -2.73. The standard InChI is InChI=1S/C23H24N2O3S/c1-14-17(10-11-19-20(14)23(2,3)13-29-19)21(18-12-24-25(4)22(18)26)28-16-8-6-15(27-5)7-9-16/h6-12H,13H2,1-5H3. The second kappa shape index (κ2) is 7.26. The van der Waals surface area contributed by atoms with E-state index in [0.717, 1.165) is 22.6 Å². The molecule has 2 aliphatic heterocycles. The number of methoxy groups -OCH3 is 1. The fourth-order valence-electron chi connectivity index (χ4n) is 3.82. The highest BCUT2D eigenvalue weighted by atomic mass is 32.2. The Kier molecular flexibility index (Phi) is 4.90. The highest BCUT2D eigenvalue weighted by Crippen LogP contribution is 2.47. The molecule has 2 aromatic carbocycles. The van der Waals surface area contributed by atoms with Crippen molar-refractivity contribution in [1.29, 1.82) is 0 Å². The Labute approximate surface area is 175 Å². The molecule has 2 aromatic rings. The van der Waals surface area contributed by atoms with E-state index in [1.807, 2.05) is 42.1 Å². The van der Waals surface area contributed by atoms with Gasteiger partial charge in [0, 0.05) is 28.7 Å². The molecule has 0 fully saturated rings. The molecule has 150 valence electrons. The molecule has 0 saturated heterocycles. The molecule has 1 amide bonds. The summed E-state index contributed by atoms with van der Waals surface area (Å²) in [5, 5.41) is 5.47. The molecule has 0 aromatic heterocycles. The van der Waals surface area contributed by atoms with Crippen LogP contribution in [0.15, 0.2) is 52.0 Å². The van der Waals surface area contributed by atoms with Gasteiger partial charge >= 0.3 is 0 Å². The molecule has 0 bridgehead atoms. The minimum Gasteiger partial charge on any atom is -0.497 e. The van der Waals surface area contributed by atoms with Crippen LogP contribution in [0.5, 0.6) is 11.5 Å². The maximum Gasteiger partial charge on any atom is 0.279 e. The van der Waals surface area contributed by atoms with E-state index in [4.69, 9.17) is 9.47 Å². The third-order valence-corrected chi connectivity index (χ3v) is 6.86. The molecule has 0 radical (unpaired) electrons. The summed E-state index contributed by atoms with van der Waals surface area (Å²) >= 11 is 1.88. The molecule has 4 rings (SSSR count). The Morgan fingerprint density at radius 2 is 1.83 bits per heavy atom. The van der Waals surface area contributed by atoms with Crippen molar-refractivity contribution in [3.05, 3.63) is 58.7 Å². The average Bonchev–Trinajstić information content (AvgIpc) is 3.20. The molecule has 5 nitrogen and oxygen atoms in total. The van der Waals surface area contributed by atoms with Crippen LogP contribution in [0, 0.1) is 6.92 Å². The van der Waals surface area contributed by atoms with Crippen molar-refractivity contribution in [2.75, 3.05) is 19.9 Å². The van der Waals surface area contributed by atoms with E-state index >= 15 is 0 Å². The molecule has 29 heavy (non-hydrogen) atoms. The van der Waals surface area contributed by atoms with Crippen molar-refractivity contribution in [3.8, 4) is 11.5 Å². The predicted octanol–water partition coefficient (Wildman–Crippen LogP) is 4.63. The first kappa shape index (κ1) is 19.6. The van der Waals surface area contributed by atoms with Gasteiger partial charge in [-0.25, -0.2) is 5.01 Å². The highest BCUT2D eigenvalue weighted by Gasteiger charge is 2.34. The number of carbonyl (C=O) groups is 1. The van der Waals surface area contributed by atoms with Crippen molar-refractivity contribution in [3.63, 3.8) is 0 Å². The summed E-state index contributed by atoms with van der Waals surface area (Å²) in [4.78, 5) is 14.0. The summed E-state index contributed by atoms with van der Waals surface area (Å²) in [5.41, 5.74) is 3.91. The normalized spacial score (nSPS) is 18.8. The first-order valence-corrected chi connectivity index (χ1v) is 10.5. The minimum absolute atomic E-state index is 0.0700. The number of hydrogen-bond acceptors (Lipinski definition) is 5. The summed E-state index contributed by atoms with van der Waals surface area (Å²) < 4.78 is 11.5. The fourth-order valence-corrected chi connectivity index (χ4v) is 5.22. The van der Waals surface area contributed by atoms with E-state index in [1.54, 1.807) is 20.4 Å². The maximum absolute atomic E-state index is 12.7. The fraction of sp³-hybridized carbons (Fsp3) is 0.304. The third kappa shape index (κ3) is 3.42. The van der Waals surface area contributed by atoms with Gasteiger partial charge in [-0.2, -0.15) is 5.10 Å². The van der Waals surface area contributed by atoms with Gasteiger partial charge in [-0.15, -0.1) is 11.8 Å². The molecule has 0 atom stereocenters. The van der Waals surface area contributed by atoms with Crippen LogP contribution < -0.4 is 9.47 Å². The summed E-state index contributed by atoms with van der Waals surface area (Å²) in [6.07, 6.45) is 1.58. The van der Waals surface area contributed by atoms with Crippen LogP contribution in [0.25, 0.3) is 5.76 Å². The van der Waals surface area contributed by atoms with Gasteiger partial charge in [-0.3, -0.25) is 4.79 Å². The molecule has 0 unspecified atom stereocenters. The number of fused-ring (bicyclic) bond motifs is 1. The second-order valence-corrected chi connectivity index (χ2v) is 8.89. The Bertz CT molecular complexity index is 1040. The first-order valence-electron chi connectivity index (χ1n) is 9.47. The van der Waals surface area contributed by atoms with Crippen LogP contribution in [0.2, 0.25) is 0 Å². The number of carbonyl (C=O) groups excluding carboxylic acids is 1. The van der Waals surface area contributed by atoms with Crippen LogP contribution >= 0.6 is 11.8 Å². The monoisotopic (exact) mass is 408 g/mol. The van der Waals surface area contributed by atoms with Crippen molar-refractivity contribution in [1.82, 2.24) is 5.01 Å². The zero-order valence-corrected chi connectivity index (χ0v) is 18.1. The number of benzene rings is 2. The zero-order chi connectivity index (χ0) is 20.8. The number of likely N-dealkylation sites (N-methyl/N-ethyl adjacent to an activating group) is 1. The first-order chi connectivity index (χ1) is 13.8. The topological polar surface area (TPSA) is 51.1 Å². The smallest absolute Gasteiger partial charge is 0.279 e. The van der Waals surface area contributed by atoms with Crippen molar-refractivity contribution < 1.29 is 14.3 Å². The zero-order valence-electron chi connectivity index (χ0n) is 17.3. The van der Waals surface area contributed by atoms with Crippen molar-refractivity contribution in [2.24, 2.45) is 5.10 Å². The molecule has 0 aliphatic carbocycles. The van der Waals surface area contributed by atoms with Gasteiger partial charge in [-0.05, 0) is 54.4 Å². The lowest BCUT2D eigenvalue weighted by Crippen LogP contribution is -2.20. The number of nitrogens with zero attached hydrogens (tertiary/aromatic N) is 2. The van der Waals surface area contributed by atoms with Crippen LogP contribution in [0.4, 0.5) is 0 Å². The highest BCUT2D eigenvalue weighted by molar-refractivity contribution is 7.99. The predicted molar refractivity (Wildman–Crippen MR) is 117 cm³/mol. The maximum atomic E-state index is 12.7. The SMILES string of the molecule is COc1ccc(OC(=C2C=NN(C)C2=O)c2ccc3c(c2C)C(C)(C)CS3)cc1. The average molecular weight is 409 g/mol. The van der Waals surface area contributed by atoms with Crippen molar-refractivity contribution >= 4 is 29.6 Å². The van der Waals surface area contributed by atoms with E-state index in [1.165, 1.54) is 15.5 Å². The summed E-state index contributed by atoms with van der Waals surface area (Å²) in [7, 11) is 3.27. The van der Waals surface area contributed by atoms with Gasteiger partial charge in [-0.1, -0.05) is 13.8 Å². The lowest BCUT2D eigenvalue weighted by molar-refractivity contribution is -0.124. The molecular formula is C23H24N2O3S. The van der Waals surface area contributed by atoms with Gasteiger partial charge in [0.1, 0.15) is 22.8 Å². The summed E-state index contributed by atoms with van der Waals surface area (Å²) in [6, 6.07) is 11.5. The minimum atomic E-state index is -0.179. The quantitative estimate of drug-likeness (QED) is 0.547. The molecule has 0 saturated carbocycles. The Morgan fingerprint density at radius 3 is 2.45 bits per heavy atom. The van der Waals surface area contributed by atoms with E-state index < -0.39 is 0 Å². The Morgan fingerprint density at radius 1 is 1.14 bits per heavy atom. The second-order valence-electron chi connectivity index (χ2n) is 7.88. The van der Waals surface area contributed by atoms with Crippen LogP contribution in [-0.2, 0) is 10.2 Å². The number of amides is 1. The van der Waals surface area contributed by atoms with Gasteiger partial charge in [0.05, 0.1) is 13.3 Å². The summed E-state index contributed by atoms with van der Waals surface area (Å²) in [6.45, 7) is 6.63. The molecular weight excluding hydrogens is 384 g/mol. The molecule has 0 N–H and O–H groups in total. The van der Waals surface area contributed by atoms with Gasteiger partial charge in [0.15, 0.2) is 0 Å². The third-order valence-electron chi connectivity index (χ3n) is 5.35. The summed E-state index contributed by atoms with van der Waals surface area (Å²) in [5.74, 6) is 2.78. The molecule has 0 spiro atoms. The molecule has 6 heteroatoms. The van der Waals surface area contributed by atoms with Gasteiger partial charge < -0.3 is 9.47 Å². The molecule has 2 aliphatic rings. The lowest BCUT2D eigenvalue weighted by atomic mass is 9.82. The number of hydrogen-bond donors (Lipinski definition) is 0. The van der Waals surface area contributed by atoms with E-state index in [2.05, 4.69) is 31.9 Å². The van der Waals surface area contributed by atoms with Gasteiger partial charge in [0.25, 0.3) is 5.91 Å². The number of hydrazone groups is 1. The van der Waals surface area contributed by atoms with Crippen molar-refractivity contribution in [2.45, 2.75) is 31.1 Å². The largest absolute Gasteiger partial charge is 0.497 e. The lowest BCUT2D eigenvalue weighted by Gasteiger charge is -2.23. The Balaban J connectivity index is 1.85. The molecule has 2 heterocycles. The number of rotatable bonds is 4. The van der Waals surface area contributed by atoms with Crippen LogP contribution in [0.1, 0.15) is 30.5 Å². The van der Waals surface area contributed by atoms with Crippen LogP contribution in [-0.4, -0.2) is 37.0 Å². The van der Waals surface area contributed by atoms with E-state index in [9.17, 15) is 4.79 Å². The van der Waals surface area contributed by atoms with Gasteiger partial charge in [0.2, 0.25) is 0 Å². The number of ether oxygens (including phenoxy) is 2. The van der Waals surface area contributed by atoms with Crippen LogP contribution in [0.3, 0.4) is 0 Å². The number of thioether (sulfide) groups is 1.